The molecular formula is C18H35N3O3. The molecule has 0 saturated carbocycles. The van der Waals surface area contributed by atoms with Crippen molar-refractivity contribution in [2.45, 2.75) is 45.6 Å². The average molecular weight is 341 g/mol. The molecule has 0 aromatic heterocycles. The van der Waals surface area contributed by atoms with E-state index in [1.807, 2.05) is 4.90 Å². The summed E-state index contributed by atoms with van der Waals surface area (Å²) in [6, 6.07) is 0.406. The lowest BCUT2D eigenvalue weighted by Crippen LogP contribution is -2.54. The third-order valence-corrected chi connectivity index (χ3v) is 5.63. The van der Waals surface area contributed by atoms with E-state index in [0.29, 0.717) is 25.0 Å². The number of urea groups is 1. The van der Waals surface area contributed by atoms with Crippen molar-refractivity contribution in [3.8, 4) is 0 Å². The summed E-state index contributed by atoms with van der Waals surface area (Å²) in [5, 5.41) is 12.5. The lowest BCUT2D eigenvalue weighted by molar-refractivity contribution is 0.00198. The molecule has 2 amide bonds. The summed E-state index contributed by atoms with van der Waals surface area (Å²) in [5.74, 6) is 0.827. The zero-order valence-corrected chi connectivity index (χ0v) is 15.4. The molecule has 0 radical (unpaired) electrons. The number of rotatable bonds is 7. The molecule has 2 fully saturated rings. The van der Waals surface area contributed by atoms with Crippen LogP contribution in [-0.4, -0.2) is 79.5 Å². The zero-order valence-electron chi connectivity index (χ0n) is 15.4. The monoisotopic (exact) mass is 341 g/mol. The molecule has 6 nitrogen and oxygen atoms in total. The number of hydrogen-bond donors (Lipinski definition) is 2. The van der Waals surface area contributed by atoms with E-state index in [9.17, 15) is 9.90 Å². The lowest BCUT2D eigenvalue weighted by Gasteiger charge is -2.39. The smallest absolute Gasteiger partial charge is 0.317 e. The number of likely N-dealkylation sites (tertiary alicyclic amines) is 1. The van der Waals surface area contributed by atoms with E-state index >= 15 is 0 Å². The highest BCUT2D eigenvalue weighted by Crippen LogP contribution is 2.20. The first-order chi connectivity index (χ1) is 11.7. The number of carbonyl (C=O) groups excluding carboxylic acids is 1. The minimum atomic E-state index is 0.0253. The quantitative estimate of drug-likeness (QED) is 0.737. The Bertz CT molecular complexity index is 371. The molecule has 140 valence electrons. The Balaban J connectivity index is 1.89. The molecule has 24 heavy (non-hydrogen) atoms. The van der Waals surface area contributed by atoms with E-state index in [1.54, 1.807) is 0 Å². The first kappa shape index (κ1) is 19.5. The fourth-order valence-corrected chi connectivity index (χ4v) is 4.04. The predicted molar refractivity (Wildman–Crippen MR) is 95.0 cm³/mol. The van der Waals surface area contributed by atoms with Crippen molar-refractivity contribution in [1.29, 1.82) is 0 Å². The fourth-order valence-electron chi connectivity index (χ4n) is 4.04. The van der Waals surface area contributed by atoms with Gasteiger partial charge in [-0.05, 0) is 24.7 Å². The van der Waals surface area contributed by atoms with Gasteiger partial charge in [0.05, 0.1) is 13.2 Å². The van der Waals surface area contributed by atoms with Crippen LogP contribution in [0.3, 0.4) is 0 Å². The summed E-state index contributed by atoms with van der Waals surface area (Å²) in [5.41, 5.74) is 0. The molecule has 0 bridgehead atoms. The van der Waals surface area contributed by atoms with Gasteiger partial charge in [0.1, 0.15) is 0 Å². The molecule has 0 spiro atoms. The Labute approximate surface area is 146 Å². The maximum Gasteiger partial charge on any atom is 0.317 e. The second-order valence-electron chi connectivity index (χ2n) is 7.12. The summed E-state index contributed by atoms with van der Waals surface area (Å²) in [4.78, 5) is 16.9. The Kier molecular flexibility index (Phi) is 8.29. The van der Waals surface area contributed by atoms with Gasteiger partial charge in [0, 0.05) is 45.4 Å². The maximum atomic E-state index is 12.5. The average Bonchev–Trinajstić information content (AvgIpc) is 2.65. The standard InChI is InChI=1S/C18H35N3O3/c1-3-16(4-2)17(20-8-10-24-11-9-20)12-19-18(23)21-7-5-6-15(13-21)14-22/h15-17,22H,3-14H2,1-2H3,(H,19,23). The SMILES string of the molecule is CCC(CC)C(CNC(=O)N1CCCC(CO)C1)N1CCOCC1. The molecule has 2 N–H and O–H groups in total. The van der Waals surface area contributed by atoms with Crippen LogP contribution in [0.2, 0.25) is 0 Å². The van der Waals surface area contributed by atoms with Crippen molar-refractivity contribution in [1.82, 2.24) is 15.1 Å². The van der Waals surface area contributed by atoms with Gasteiger partial charge in [-0.25, -0.2) is 4.79 Å². The summed E-state index contributed by atoms with van der Waals surface area (Å²) in [6.07, 6.45) is 4.26. The lowest BCUT2D eigenvalue weighted by atomic mass is 9.92. The number of nitrogens with one attached hydrogen (secondary N) is 1. The number of morpholine rings is 1. The Morgan fingerprint density at radius 2 is 1.96 bits per heavy atom. The molecule has 6 heteroatoms. The molecule has 2 atom stereocenters. The van der Waals surface area contributed by atoms with Crippen LogP contribution in [0, 0.1) is 11.8 Å². The summed E-state index contributed by atoms with van der Waals surface area (Å²) >= 11 is 0. The summed E-state index contributed by atoms with van der Waals surface area (Å²) in [7, 11) is 0. The number of hydrogen-bond acceptors (Lipinski definition) is 4. The molecule has 2 aliphatic heterocycles. The minimum Gasteiger partial charge on any atom is -0.396 e. The van der Waals surface area contributed by atoms with Crippen LogP contribution in [0.1, 0.15) is 39.5 Å². The van der Waals surface area contributed by atoms with Crippen LogP contribution in [0.5, 0.6) is 0 Å². The van der Waals surface area contributed by atoms with Crippen molar-refractivity contribution >= 4 is 6.03 Å². The summed E-state index contributed by atoms with van der Waals surface area (Å²) in [6.45, 7) is 10.3. The van der Waals surface area contributed by atoms with Gasteiger partial charge in [-0.3, -0.25) is 4.90 Å². The molecule has 2 unspecified atom stereocenters. The van der Waals surface area contributed by atoms with Crippen molar-refractivity contribution < 1.29 is 14.6 Å². The topological polar surface area (TPSA) is 65.0 Å². The highest BCUT2D eigenvalue weighted by atomic mass is 16.5. The van der Waals surface area contributed by atoms with Crippen LogP contribution in [-0.2, 0) is 4.74 Å². The van der Waals surface area contributed by atoms with Gasteiger partial charge < -0.3 is 20.1 Å². The second-order valence-corrected chi connectivity index (χ2v) is 7.12. The van der Waals surface area contributed by atoms with Crippen LogP contribution in [0.4, 0.5) is 4.79 Å². The van der Waals surface area contributed by atoms with Crippen molar-refractivity contribution in [2.75, 3.05) is 52.5 Å². The number of aliphatic hydroxyl groups excluding tert-OH is 1. The molecule has 2 aliphatic rings. The van der Waals surface area contributed by atoms with E-state index < -0.39 is 0 Å². The molecule has 2 saturated heterocycles. The van der Waals surface area contributed by atoms with Crippen LogP contribution in [0.15, 0.2) is 0 Å². The molecule has 0 aliphatic carbocycles. The van der Waals surface area contributed by atoms with Gasteiger partial charge in [0.25, 0.3) is 0 Å². The van der Waals surface area contributed by atoms with Gasteiger partial charge in [-0.15, -0.1) is 0 Å². The van der Waals surface area contributed by atoms with E-state index in [2.05, 4.69) is 24.1 Å². The van der Waals surface area contributed by atoms with Crippen LogP contribution >= 0.6 is 0 Å². The Hall–Kier alpha value is -0.850. The maximum absolute atomic E-state index is 12.5. The molecule has 2 heterocycles. The van der Waals surface area contributed by atoms with Crippen LogP contribution < -0.4 is 5.32 Å². The number of carbonyl (C=O) groups is 1. The van der Waals surface area contributed by atoms with Gasteiger partial charge in [-0.2, -0.15) is 0 Å². The zero-order chi connectivity index (χ0) is 17.4. The normalized spacial score (nSPS) is 24.2. The fraction of sp³-hybridized carbons (Fsp3) is 0.944. The summed E-state index contributed by atoms with van der Waals surface area (Å²) < 4.78 is 5.48. The van der Waals surface area contributed by atoms with E-state index in [-0.39, 0.29) is 18.6 Å². The second kappa shape index (κ2) is 10.2. The molecular weight excluding hydrogens is 306 g/mol. The number of aliphatic hydroxyl groups is 1. The number of nitrogens with zero attached hydrogens (tertiary/aromatic N) is 2. The van der Waals surface area contributed by atoms with Crippen LogP contribution in [0.25, 0.3) is 0 Å². The van der Waals surface area contributed by atoms with Gasteiger partial charge in [0.15, 0.2) is 0 Å². The molecule has 0 aromatic carbocycles. The van der Waals surface area contributed by atoms with Gasteiger partial charge >= 0.3 is 6.03 Å². The van der Waals surface area contributed by atoms with E-state index in [4.69, 9.17) is 4.74 Å². The van der Waals surface area contributed by atoms with E-state index in [0.717, 1.165) is 58.5 Å². The number of ether oxygens (including phenoxy) is 1. The van der Waals surface area contributed by atoms with Crippen molar-refractivity contribution in [3.63, 3.8) is 0 Å². The minimum absolute atomic E-state index is 0.0253. The van der Waals surface area contributed by atoms with Crippen molar-refractivity contribution in [3.05, 3.63) is 0 Å². The van der Waals surface area contributed by atoms with E-state index in [1.165, 1.54) is 0 Å². The number of amides is 2. The first-order valence-corrected chi connectivity index (χ1v) is 9.65. The molecule has 2 rings (SSSR count). The predicted octanol–water partition coefficient (Wildman–Crippen LogP) is 1.54. The number of piperidine rings is 1. The van der Waals surface area contributed by atoms with Crippen molar-refractivity contribution in [2.24, 2.45) is 11.8 Å². The molecule has 0 aromatic rings. The third-order valence-electron chi connectivity index (χ3n) is 5.63. The van der Waals surface area contributed by atoms with Gasteiger partial charge in [-0.1, -0.05) is 26.7 Å². The highest BCUT2D eigenvalue weighted by molar-refractivity contribution is 5.74. The highest BCUT2D eigenvalue weighted by Gasteiger charge is 2.29. The third kappa shape index (κ3) is 5.33. The van der Waals surface area contributed by atoms with Gasteiger partial charge in [0.2, 0.25) is 0 Å². The Morgan fingerprint density at radius 3 is 2.58 bits per heavy atom. The first-order valence-electron chi connectivity index (χ1n) is 9.65. The Morgan fingerprint density at radius 1 is 1.25 bits per heavy atom. The largest absolute Gasteiger partial charge is 0.396 e.